The van der Waals surface area contributed by atoms with E-state index in [0.717, 1.165) is 0 Å². The molecule has 0 spiro atoms. The number of aliphatic hydroxyl groups excluding tert-OH is 1. The third-order valence-corrected chi connectivity index (χ3v) is 4.34. The van der Waals surface area contributed by atoms with Crippen LogP contribution in [0.5, 0.6) is 11.5 Å². The molecule has 2 heterocycles. The van der Waals surface area contributed by atoms with Gasteiger partial charge in [0.25, 0.3) is 0 Å². The molecule has 1 aliphatic rings. The van der Waals surface area contributed by atoms with Crippen molar-refractivity contribution in [3.8, 4) is 11.5 Å². The minimum atomic E-state index is -1.20. The highest BCUT2D eigenvalue weighted by molar-refractivity contribution is 8.14. The zero-order chi connectivity index (χ0) is 16.9. The molecule has 0 aliphatic carbocycles. The van der Waals surface area contributed by atoms with Crippen LogP contribution in [-0.4, -0.2) is 69.0 Å². The number of ether oxygens (including phenoxy) is 2. The first-order chi connectivity index (χ1) is 11.0. The van der Waals surface area contributed by atoms with Crippen molar-refractivity contribution in [1.29, 1.82) is 0 Å². The standard InChI is InChI=1S/C14H18N2O6S/c1-14(13(19)20)8-23-12(16-14)11-10(18)6-9(7-15-11)22-5-4-21-3-2-17/h6-7,17-18H,2-5,8H2,1H3,(H,19,20). The van der Waals surface area contributed by atoms with Crippen molar-refractivity contribution in [3.05, 3.63) is 18.0 Å². The summed E-state index contributed by atoms with van der Waals surface area (Å²) in [5, 5.41) is 28.2. The summed E-state index contributed by atoms with van der Waals surface area (Å²) >= 11 is 1.24. The lowest BCUT2D eigenvalue weighted by atomic mass is 10.1. The lowest BCUT2D eigenvalue weighted by Gasteiger charge is -2.11. The van der Waals surface area contributed by atoms with Crippen LogP contribution in [0.15, 0.2) is 17.3 Å². The Morgan fingerprint density at radius 1 is 1.43 bits per heavy atom. The van der Waals surface area contributed by atoms with E-state index >= 15 is 0 Å². The Hall–Kier alpha value is -1.84. The summed E-state index contributed by atoms with van der Waals surface area (Å²) in [5.74, 6) is -0.482. The first kappa shape index (κ1) is 17.5. The summed E-state index contributed by atoms with van der Waals surface area (Å²) in [5.41, 5.74) is -0.961. The largest absolute Gasteiger partial charge is 0.505 e. The van der Waals surface area contributed by atoms with Crippen LogP contribution in [0.1, 0.15) is 12.6 Å². The van der Waals surface area contributed by atoms with Crippen molar-refractivity contribution in [2.45, 2.75) is 12.5 Å². The fourth-order valence-corrected chi connectivity index (χ4v) is 2.96. The molecule has 1 aromatic heterocycles. The molecule has 3 N–H and O–H groups in total. The van der Waals surface area contributed by atoms with Gasteiger partial charge in [0, 0.05) is 11.8 Å². The minimum absolute atomic E-state index is 0.0495. The molecule has 0 fully saturated rings. The third kappa shape index (κ3) is 4.34. The van der Waals surface area contributed by atoms with E-state index in [-0.39, 0.29) is 31.3 Å². The zero-order valence-corrected chi connectivity index (χ0v) is 13.4. The van der Waals surface area contributed by atoms with E-state index in [9.17, 15) is 9.90 Å². The molecule has 1 atom stereocenters. The lowest BCUT2D eigenvalue weighted by molar-refractivity contribution is -0.141. The Kier molecular flexibility index (Phi) is 5.80. The quantitative estimate of drug-likeness (QED) is 0.584. The van der Waals surface area contributed by atoms with Crippen molar-refractivity contribution < 1.29 is 29.6 Å². The molecule has 9 heteroatoms. The SMILES string of the molecule is CC1(C(=O)O)CSC(c2ncc(OCCOCCO)cc2O)=N1. The van der Waals surface area contributed by atoms with Gasteiger partial charge in [-0.3, -0.25) is 4.99 Å². The topological polar surface area (TPSA) is 121 Å². The van der Waals surface area contributed by atoms with Crippen molar-refractivity contribution in [2.24, 2.45) is 4.99 Å². The highest BCUT2D eigenvalue weighted by Gasteiger charge is 2.39. The van der Waals surface area contributed by atoms with Crippen LogP contribution in [0.4, 0.5) is 0 Å². The van der Waals surface area contributed by atoms with Gasteiger partial charge in [-0.25, -0.2) is 9.78 Å². The second-order valence-electron chi connectivity index (χ2n) is 5.01. The van der Waals surface area contributed by atoms with E-state index in [4.69, 9.17) is 19.7 Å². The van der Waals surface area contributed by atoms with Gasteiger partial charge in [-0.1, -0.05) is 0 Å². The number of carbonyl (C=O) groups is 1. The number of carboxylic acid groups (broad SMARTS) is 1. The van der Waals surface area contributed by atoms with E-state index in [0.29, 0.717) is 23.2 Å². The van der Waals surface area contributed by atoms with Gasteiger partial charge in [0.05, 0.1) is 26.0 Å². The molecule has 23 heavy (non-hydrogen) atoms. The molecule has 1 aliphatic heterocycles. The molecular weight excluding hydrogens is 324 g/mol. The summed E-state index contributed by atoms with van der Waals surface area (Å²) < 4.78 is 10.4. The maximum Gasteiger partial charge on any atom is 0.332 e. The van der Waals surface area contributed by atoms with Crippen LogP contribution in [0, 0.1) is 0 Å². The fourth-order valence-electron chi connectivity index (χ4n) is 1.79. The van der Waals surface area contributed by atoms with E-state index in [1.807, 2.05) is 0 Å². The summed E-state index contributed by atoms with van der Waals surface area (Å²) in [7, 11) is 0. The summed E-state index contributed by atoms with van der Waals surface area (Å²) in [6, 6.07) is 1.40. The Bertz CT molecular complexity index is 609. The maximum absolute atomic E-state index is 11.2. The van der Waals surface area contributed by atoms with Crippen LogP contribution in [0.25, 0.3) is 0 Å². The number of hydrogen-bond donors (Lipinski definition) is 3. The zero-order valence-electron chi connectivity index (χ0n) is 12.6. The molecule has 0 aromatic carbocycles. The van der Waals surface area contributed by atoms with Crippen LogP contribution >= 0.6 is 11.8 Å². The van der Waals surface area contributed by atoms with Gasteiger partial charge in [-0.2, -0.15) is 0 Å². The Morgan fingerprint density at radius 3 is 2.83 bits per heavy atom. The van der Waals surface area contributed by atoms with Crippen LogP contribution < -0.4 is 4.74 Å². The number of aliphatic carboxylic acids is 1. The Labute approximate surface area is 137 Å². The molecule has 0 saturated carbocycles. The van der Waals surface area contributed by atoms with Gasteiger partial charge in [-0.15, -0.1) is 11.8 Å². The molecule has 126 valence electrons. The van der Waals surface area contributed by atoms with Gasteiger partial charge in [0.1, 0.15) is 28.8 Å². The third-order valence-electron chi connectivity index (χ3n) is 3.08. The normalized spacial score (nSPS) is 20.3. The number of hydrogen-bond acceptors (Lipinski definition) is 8. The Morgan fingerprint density at radius 2 is 2.22 bits per heavy atom. The van der Waals surface area contributed by atoms with Gasteiger partial charge >= 0.3 is 5.97 Å². The molecule has 8 nitrogen and oxygen atoms in total. The van der Waals surface area contributed by atoms with E-state index in [2.05, 4.69) is 9.98 Å². The second kappa shape index (κ2) is 7.62. The monoisotopic (exact) mass is 342 g/mol. The molecule has 1 aromatic rings. The molecule has 0 saturated heterocycles. The van der Waals surface area contributed by atoms with Crippen LogP contribution in [0.3, 0.4) is 0 Å². The minimum Gasteiger partial charge on any atom is -0.505 e. The second-order valence-corrected chi connectivity index (χ2v) is 5.97. The van der Waals surface area contributed by atoms with Gasteiger partial charge in [0.2, 0.25) is 0 Å². The van der Waals surface area contributed by atoms with Crippen molar-refractivity contribution in [3.63, 3.8) is 0 Å². The van der Waals surface area contributed by atoms with Crippen molar-refractivity contribution >= 4 is 22.8 Å². The number of aliphatic hydroxyl groups is 1. The molecule has 1 unspecified atom stereocenters. The van der Waals surface area contributed by atoms with Gasteiger partial charge < -0.3 is 24.8 Å². The van der Waals surface area contributed by atoms with Gasteiger partial charge in [-0.05, 0) is 6.92 Å². The predicted molar refractivity (Wildman–Crippen MR) is 84.3 cm³/mol. The molecule has 0 radical (unpaired) electrons. The number of pyridine rings is 1. The van der Waals surface area contributed by atoms with Gasteiger partial charge in [0.15, 0.2) is 5.54 Å². The number of aromatic nitrogens is 1. The van der Waals surface area contributed by atoms with E-state index < -0.39 is 11.5 Å². The Balaban J connectivity index is 2.01. The maximum atomic E-state index is 11.2. The number of carboxylic acids is 1. The molecule has 0 bridgehead atoms. The highest BCUT2D eigenvalue weighted by Crippen LogP contribution is 2.34. The van der Waals surface area contributed by atoms with Crippen LogP contribution in [0.2, 0.25) is 0 Å². The first-order valence-electron chi connectivity index (χ1n) is 6.93. The number of aliphatic imine (C=N–C) groups is 1. The van der Waals surface area contributed by atoms with E-state index in [1.165, 1.54) is 30.9 Å². The summed E-state index contributed by atoms with van der Waals surface area (Å²) in [6.07, 6.45) is 1.43. The summed E-state index contributed by atoms with van der Waals surface area (Å²) in [4.78, 5) is 19.4. The molecule has 0 amide bonds. The molecular formula is C14H18N2O6S. The number of thioether (sulfide) groups is 1. The average molecular weight is 342 g/mol. The number of aromatic hydroxyl groups is 1. The molecule has 2 rings (SSSR count). The first-order valence-corrected chi connectivity index (χ1v) is 7.91. The summed E-state index contributed by atoms with van der Waals surface area (Å²) in [6.45, 7) is 2.28. The van der Waals surface area contributed by atoms with Crippen LogP contribution in [-0.2, 0) is 9.53 Å². The predicted octanol–water partition coefficient (Wildman–Crippen LogP) is 0.512. The van der Waals surface area contributed by atoms with Crippen molar-refractivity contribution in [1.82, 2.24) is 4.98 Å². The average Bonchev–Trinajstić information content (AvgIpc) is 2.91. The smallest absolute Gasteiger partial charge is 0.332 e. The van der Waals surface area contributed by atoms with Crippen molar-refractivity contribution in [2.75, 3.05) is 32.2 Å². The van der Waals surface area contributed by atoms with E-state index in [1.54, 1.807) is 0 Å². The number of rotatable bonds is 8. The fraction of sp³-hybridized carbons (Fsp3) is 0.500. The number of nitrogens with zero attached hydrogens (tertiary/aromatic N) is 2. The highest BCUT2D eigenvalue weighted by atomic mass is 32.2. The lowest BCUT2D eigenvalue weighted by Crippen LogP contribution is -2.33.